The van der Waals surface area contributed by atoms with Gasteiger partial charge in [0.15, 0.2) is 0 Å². The monoisotopic (exact) mass is 179 g/mol. The van der Waals surface area contributed by atoms with Crippen LogP contribution in [-0.2, 0) is 12.2 Å². The van der Waals surface area contributed by atoms with Crippen LogP contribution >= 0.6 is 0 Å². The largest absolute Gasteiger partial charge is 0.390 e. The predicted octanol–water partition coefficient (Wildman–Crippen LogP) is 0.945. The van der Waals surface area contributed by atoms with Crippen LogP contribution in [0.25, 0.3) is 0 Å². The van der Waals surface area contributed by atoms with Gasteiger partial charge in [0.2, 0.25) is 0 Å². The van der Waals surface area contributed by atoms with Gasteiger partial charge in [0.25, 0.3) is 0 Å². The van der Waals surface area contributed by atoms with Gasteiger partial charge in [-0.3, -0.25) is 4.98 Å². The van der Waals surface area contributed by atoms with Gasteiger partial charge in [0.1, 0.15) is 5.60 Å². The summed E-state index contributed by atoms with van der Waals surface area (Å²) < 4.78 is 0. The molecule has 0 aromatic carbocycles. The van der Waals surface area contributed by atoms with E-state index in [-0.39, 0.29) is 6.61 Å². The molecule has 2 rings (SSSR count). The highest BCUT2D eigenvalue weighted by Gasteiger charge is 2.37. The fourth-order valence-corrected chi connectivity index (χ4v) is 1.59. The Kier molecular flexibility index (Phi) is 2.06. The van der Waals surface area contributed by atoms with Crippen molar-refractivity contribution in [1.82, 2.24) is 4.98 Å². The fourth-order valence-electron chi connectivity index (χ4n) is 1.59. The molecule has 1 heterocycles. The third-order valence-electron chi connectivity index (χ3n) is 2.63. The summed E-state index contributed by atoms with van der Waals surface area (Å²) in [5.41, 5.74) is 0.605. The Morgan fingerprint density at radius 2 is 2.15 bits per heavy atom. The van der Waals surface area contributed by atoms with E-state index in [0.717, 1.165) is 19.3 Å². The van der Waals surface area contributed by atoms with Crippen molar-refractivity contribution < 1.29 is 10.2 Å². The van der Waals surface area contributed by atoms with Gasteiger partial charge >= 0.3 is 0 Å². The first-order chi connectivity index (χ1) is 6.24. The molecular formula is C10H13NO2. The lowest BCUT2D eigenvalue weighted by Crippen LogP contribution is -2.34. The molecule has 1 fully saturated rings. The van der Waals surface area contributed by atoms with Crippen molar-refractivity contribution in [2.24, 2.45) is 0 Å². The second-order valence-corrected chi connectivity index (χ2v) is 3.56. The molecule has 2 N–H and O–H groups in total. The molecule has 1 saturated carbocycles. The molecule has 1 aromatic heterocycles. The van der Waals surface area contributed by atoms with Crippen LogP contribution in [0.1, 0.15) is 30.7 Å². The quantitative estimate of drug-likeness (QED) is 0.710. The molecule has 3 nitrogen and oxygen atoms in total. The third-order valence-corrected chi connectivity index (χ3v) is 2.63. The maximum absolute atomic E-state index is 9.96. The molecule has 0 bridgehead atoms. The minimum atomic E-state index is -0.717. The second kappa shape index (κ2) is 3.09. The fraction of sp³-hybridized carbons (Fsp3) is 0.500. The number of nitrogens with zero attached hydrogens (tertiary/aromatic N) is 1. The molecule has 13 heavy (non-hydrogen) atoms. The van der Waals surface area contributed by atoms with Gasteiger partial charge in [0.05, 0.1) is 18.0 Å². The third kappa shape index (κ3) is 1.45. The van der Waals surface area contributed by atoms with Gasteiger partial charge in [-0.25, -0.2) is 0 Å². The Balaban J connectivity index is 2.29. The van der Waals surface area contributed by atoms with E-state index in [4.69, 9.17) is 5.11 Å². The highest BCUT2D eigenvalue weighted by molar-refractivity contribution is 5.19. The van der Waals surface area contributed by atoms with Crippen molar-refractivity contribution in [2.75, 3.05) is 0 Å². The molecule has 0 amide bonds. The summed E-state index contributed by atoms with van der Waals surface area (Å²) in [7, 11) is 0. The normalized spacial score (nSPS) is 19.5. The van der Waals surface area contributed by atoms with Crippen LogP contribution < -0.4 is 0 Å². The first-order valence-electron chi connectivity index (χ1n) is 4.54. The lowest BCUT2D eigenvalue weighted by Gasteiger charge is -2.36. The number of rotatable bonds is 2. The van der Waals surface area contributed by atoms with Crippen LogP contribution in [0.4, 0.5) is 0 Å². The van der Waals surface area contributed by atoms with Crippen molar-refractivity contribution in [3.8, 4) is 0 Å². The molecule has 0 atom stereocenters. The molecule has 3 heteroatoms. The summed E-state index contributed by atoms with van der Waals surface area (Å²) in [5.74, 6) is 0. The van der Waals surface area contributed by atoms with Crippen molar-refractivity contribution >= 4 is 0 Å². The smallest absolute Gasteiger partial charge is 0.106 e. The number of aromatic nitrogens is 1. The zero-order chi connectivity index (χ0) is 9.31. The highest BCUT2D eigenvalue weighted by atomic mass is 16.3. The van der Waals surface area contributed by atoms with Gasteiger partial charge in [-0.15, -0.1) is 0 Å². The van der Waals surface area contributed by atoms with Crippen molar-refractivity contribution in [2.45, 2.75) is 31.5 Å². The van der Waals surface area contributed by atoms with Crippen LogP contribution in [0.5, 0.6) is 0 Å². The van der Waals surface area contributed by atoms with Crippen LogP contribution in [0.15, 0.2) is 18.2 Å². The first-order valence-corrected chi connectivity index (χ1v) is 4.54. The molecule has 1 aliphatic carbocycles. The standard InChI is InChI=1S/C10H13NO2/c12-7-8-3-1-4-9(11-8)10(13)5-2-6-10/h1,3-4,12-13H,2,5-7H2. The Labute approximate surface area is 77.1 Å². The van der Waals surface area contributed by atoms with Gasteiger partial charge in [-0.1, -0.05) is 6.07 Å². The molecule has 0 saturated heterocycles. The topological polar surface area (TPSA) is 53.4 Å². The zero-order valence-electron chi connectivity index (χ0n) is 7.40. The van der Waals surface area contributed by atoms with Crippen LogP contribution in [0.2, 0.25) is 0 Å². The van der Waals surface area contributed by atoms with E-state index in [1.807, 2.05) is 12.1 Å². The minimum Gasteiger partial charge on any atom is -0.390 e. The average Bonchev–Trinajstić information content (AvgIpc) is 2.14. The maximum atomic E-state index is 9.96. The molecule has 0 radical (unpaired) electrons. The van der Waals surface area contributed by atoms with E-state index < -0.39 is 5.60 Å². The predicted molar refractivity (Wildman–Crippen MR) is 47.9 cm³/mol. The number of hydrogen-bond donors (Lipinski definition) is 2. The van der Waals surface area contributed by atoms with E-state index in [9.17, 15) is 5.11 Å². The molecule has 1 aliphatic rings. The highest BCUT2D eigenvalue weighted by Crippen LogP contribution is 2.39. The maximum Gasteiger partial charge on any atom is 0.106 e. The lowest BCUT2D eigenvalue weighted by molar-refractivity contribution is -0.0428. The number of hydrogen-bond acceptors (Lipinski definition) is 3. The molecule has 70 valence electrons. The summed E-state index contributed by atoms with van der Waals surface area (Å²) in [4.78, 5) is 4.19. The average molecular weight is 179 g/mol. The van der Waals surface area contributed by atoms with Gasteiger partial charge in [0, 0.05) is 0 Å². The molecule has 1 aromatic rings. The Hall–Kier alpha value is -0.930. The van der Waals surface area contributed by atoms with Crippen LogP contribution in [0.3, 0.4) is 0 Å². The van der Waals surface area contributed by atoms with Crippen LogP contribution in [-0.4, -0.2) is 15.2 Å². The van der Waals surface area contributed by atoms with E-state index >= 15 is 0 Å². The van der Waals surface area contributed by atoms with Gasteiger partial charge in [-0.05, 0) is 31.4 Å². The second-order valence-electron chi connectivity index (χ2n) is 3.56. The molecule has 0 unspecified atom stereocenters. The van der Waals surface area contributed by atoms with E-state index in [1.54, 1.807) is 6.07 Å². The zero-order valence-corrected chi connectivity index (χ0v) is 7.40. The minimum absolute atomic E-state index is 0.0656. The van der Waals surface area contributed by atoms with Crippen molar-refractivity contribution in [3.63, 3.8) is 0 Å². The molecule has 0 aliphatic heterocycles. The Morgan fingerprint density at radius 1 is 1.38 bits per heavy atom. The van der Waals surface area contributed by atoms with Gasteiger partial charge in [-0.2, -0.15) is 0 Å². The number of aliphatic hydroxyl groups is 2. The number of pyridine rings is 1. The van der Waals surface area contributed by atoms with E-state index in [1.165, 1.54) is 0 Å². The van der Waals surface area contributed by atoms with Crippen LogP contribution in [0, 0.1) is 0 Å². The molecule has 0 spiro atoms. The summed E-state index contributed by atoms with van der Waals surface area (Å²) >= 11 is 0. The van der Waals surface area contributed by atoms with Gasteiger partial charge < -0.3 is 10.2 Å². The lowest BCUT2D eigenvalue weighted by atomic mass is 9.77. The Bertz CT molecular complexity index is 308. The van der Waals surface area contributed by atoms with E-state index in [0.29, 0.717) is 11.4 Å². The summed E-state index contributed by atoms with van der Waals surface area (Å²) in [6.07, 6.45) is 2.63. The SMILES string of the molecule is OCc1cccc(C2(O)CCC2)n1. The summed E-state index contributed by atoms with van der Waals surface area (Å²) in [6, 6.07) is 5.40. The summed E-state index contributed by atoms with van der Waals surface area (Å²) in [6.45, 7) is -0.0656. The van der Waals surface area contributed by atoms with E-state index in [2.05, 4.69) is 4.98 Å². The first kappa shape index (κ1) is 8.66. The van der Waals surface area contributed by atoms with Crippen molar-refractivity contribution in [1.29, 1.82) is 0 Å². The molecular weight excluding hydrogens is 166 g/mol. The Morgan fingerprint density at radius 3 is 2.69 bits per heavy atom. The number of aliphatic hydroxyl groups excluding tert-OH is 1. The van der Waals surface area contributed by atoms with Crippen molar-refractivity contribution in [3.05, 3.63) is 29.6 Å². The summed E-state index contributed by atoms with van der Waals surface area (Å²) in [5, 5.41) is 18.8.